The first-order valence-corrected chi connectivity index (χ1v) is 7.50. The molecular weight excluding hydrogens is 304 g/mol. The number of fused-ring (bicyclic) bond motifs is 1. The monoisotopic (exact) mass is 318 g/mol. The topological polar surface area (TPSA) is 71.2 Å². The number of carbonyl (C=O) groups is 2. The van der Waals surface area contributed by atoms with E-state index < -0.39 is 0 Å². The van der Waals surface area contributed by atoms with Crippen LogP contribution in [0.1, 0.15) is 11.1 Å². The summed E-state index contributed by atoms with van der Waals surface area (Å²) in [6, 6.07) is 14.8. The average molecular weight is 318 g/mol. The number of benzene rings is 2. The second-order valence-corrected chi connectivity index (χ2v) is 5.51. The van der Waals surface area contributed by atoms with Crippen molar-refractivity contribution in [1.82, 2.24) is 10.3 Å². The predicted molar refractivity (Wildman–Crippen MR) is 91.3 cm³/mol. The number of imide groups is 1. The number of aromatic amines is 1. The summed E-state index contributed by atoms with van der Waals surface area (Å²) in [7, 11) is 1.58. The predicted octanol–water partition coefficient (Wildman–Crippen LogP) is 2.74. The molecule has 0 fully saturated rings. The van der Waals surface area contributed by atoms with Crippen molar-refractivity contribution in [2.24, 2.45) is 0 Å². The third kappa shape index (κ3) is 2.10. The van der Waals surface area contributed by atoms with Gasteiger partial charge in [-0.15, -0.1) is 0 Å². The number of hydrogen-bond acceptors (Lipinski definition) is 3. The molecule has 1 aliphatic heterocycles. The van der Waals surface area contributed by atoms with Gasteiger partial charge >= 0.3 is 0 Å². The van der Waals surface area contributed by atoms with Gasteiger partial charge < -0.3 is 9.72 Å². The number of hydrogen-bond donors (Lipinski definition) is 2. The zero-order valence-corrected chi connectivity index (χ0v) is 12.9. The standard InChI is InChI=1S/C19H14N2O3/c1-24-12-8-6-11(7-9-12)16-17(19(23)21-18(16)22)14-10-20-15-5-3-2-4-13(14)15/h2-10,20H,1H3,(H,21,22,23). The summed E-state index contributed by atoms with van der Waals surface area (Å²) in [5, 5.41) is 3.31. The maximum atomic E-state index is 12.4. The van der Waals surface area contributed by atoms with Crippen molar-refractivity contribution in [2.75, 3.05) is 7.11 Å². The third-order valence-electron chi connectivity index (χ3n) is 4.17. The molecule has 0 unspecified atom stereocenters. The Balaban J connectivity index is 1.95. The van der Waals surface area contributed by atoms with Crippen LogP contribution < -0.4 is 10.1 Å². The van der Waals surface area contributed by atoms with E-state index in [1.807, 2.05) is 24.3 Å². The van der Waals surface area contributed by atoms with E-state index >= 15 is 0 Å². The molecule has 1 aromatic heterocycles. The number of carbonyl (C=O) groups excluding carboxylic acids is 2. The quantitative estimate of drug-likeness (QED) is 0.730. The van der Waals surface area contributed by atoms with Crippen molar-refractivity contribution in [3.8, 4) is 5.75 Å². The number of para-hydroxylation sites is 1. The maximum absolute atomic E-state index is 12.4. The van der Waals surface area contributed by atoms with E-state index in [2.05, 4.69) is 10.3 Å². The van der Waals surface area contributed by atoms with E-state index in [1.165, 1.54) is 0 Å². The fourth-order valence-electron chi connectivity index (χ4n) is 3.02. The van der Waals surface area contributed by atoms with E-state index in [1.54, 1.807) is 37.6 Å². The molecule has 24 heavy (non-hydrogen) atoms. The van der Waals surface area contributed by atoms with Crippen LogP contribution in [-0.4, -0.2) is 23.9 Å². The van der Waals surface area contributed by atoms with Gasteiger partial charge in [0.25, 0.3) is 11.8 Å². The van der Waals surface area contributed by atoms with Crippen molar-refractivity contribution >= 4 is 33.9 Å². The largest absolute Gasteiger partial charge is 0.497 e. The Kier molecular flexibility index (Phi) is 3.20. The van der Waals surface area contributed by atoms with Crippen LogP contribution in [0, 0.1) is 0 Å². The highest BCUT2D eigenvalue weighted by Crippen LogP contribution is 2.35. The molecule has 2 amide bonds. The van der Waals surface area contributed by atoms with Gasteiger partial charge in [-0.25, -0.2) is 0 Å². The zero-order chi connectivity index (χ0) is 16.7. The number of methoxy groups -OCH3 is 1. The third-order valence-corrected chi connectivity index (χ3v) is 4.17. The maximum Gasteiger partial charge on any atom is 0.259 e. The molecule has 2 N–H and O–H groups in total. The summed E-state index contributed by atoms with van der Waals surface area (Å²) in [6.45, 7) is 0. The van der Waals surface area contributed by atoms with Crippen LogP contribution in [0.15, 0.2) is 54.7 Å². The summed E-state index contributed by atoms with van der Waals surface area (Å²) in [4.78, 5) is 27.9. The number of rotatable bonds is 3. The number of nitrogens with one attached hydrogen (secondary N) is 2. The minimum atomic E-state index is -0.384. The Morgan fingerprint density at radius 1 is 0.875 bits per heavy atom. The van der Waals surface area contributed by atoms with Crippen LogP contribution in [0.2, 0.25) is 0 Å². The van der Waals surface area contributed by atoms with Crippen LogP contribution >= 0.6 is 0 Å². The molecule has 2 aromatic carbocycles. The van der Waals surface area contributed by atoms with E-state index in [0.29, 0.717) is 22.5 Å². The minimum Gasteiger partial charge on any atom is -0.497 e. The number of aromatic nitrogens is 1. The number of ether oxygens (including phenoxy) is 1. The van der Waals surface area contributed by atoms with Crippen LogP contribution in [0.5, 0.6) is 5.75 Å². The van der Waals surface area contributed by atoms with Gasteiger partial charge in [0, 0.05) is 22.7 Å². The van der Waals surface area contributed by atoms with Gasteiger partial charge in [0.05, 0.1) is 18.3 Å². The molecule has 0 radical (unpaired) electrons. The van der Waals surface area contributed by atoms with Crippen molar-refractivity contribution in [1.29, 1.82) is 0 Å². The molecule has 5 heteroatoms. The molecule has 1 aliphatic rings. The molecule has 3 aromatic rings. The van der Waals surface area contributed by atoms with Crippen molar-refractivity contribution < 1.29 is 14.3 Å². The van der Waals surface area contributed by atoms with Crippen molar-refractivity contribution in [2.45, 2.75) is 0 Å². The van der Waals surface area contributed by atoms with Crippen molar-refractivity contribution in [3.63, 3.8) is 0 Å². The molecule has 0 saturated carbocycles. The van der Waals surface area contributed by atoms with Gasteiger partial charge in [0.1, 0.15) is 5.75 Å². The lowest BCUT2D eigenvalue weighted by Crippen LogP contribution is -2.22. The average Bonchev–Trinajstić information content (AvgIpc) is 3.15. The van der Waals surface area contributed by atoms with Crippen LogP contribution in [0.4, 0.5) is 0 Å². The molecular formula is C19H14N2O3. The minimum absolute atomic E-state index is 0.379. The highest BCUT2D eigenvalue weighted by molar-refractivity contribution is 6.50. The van der Waals surface area contributed by atoms with Gasteiger partial charge in [-0.2, -0.15) is 0 Å². The molecule has 4 rings (SSSR count). The lowest BCUT2D eigenvalue weighted by Gasteiger charge is -2.05. The second-order valence-electron chi connectivity index (χ2n) is 5.51. The first kappa shape index (κ1) is 14.3. The molecule has 118 valence electrons. The summed E-state index contributed by atoms with van der Waals surface area (Å²) in [5.74, 6) is -0.0706. The Morgan fingerprint density at radius 2 is 1.58 bits per heavy atom. The molecule has 0 aliphatic carbocycles. The highest BCUT2D eigenvalue weighted by Gasteiger charge is 2.33. The van der Waals surface area contributed by atoms with Crippen LogP contribution in [0.25, 0.3) is 22.0 Å². The molecule has 0 atom stereocenters. The van der Waals surface area contributed by atoms with Gasteiger partial charge in [0.2, 0.25) is 0 Å². The number of amides is 2. The summed E-state index contributed by atoms with van der Waals surface area (Å²) >= 11 is 0. The first-order chi connectivity index (χ1) is 11.7. The zero-order valence-electron chi connectivity index (χ0n) is 12.9. The molecule has 0 bridgehead atoms. The molecule has 0 saturated heterocycles. The smallest absolute Gasteiger partial charge is 0.259 e. The van der Waals surface area contributed by atoms with E-state index in [4.69, 9.17) is 4.74 Å². The summed E-state index contributed by atoms with van der Waals surface area (Å²) in [5.41, 5.74) is 3.09. The Labute approximate surface area is 137 Å². The van der Waals surface area contributed by atoms with Gasteiger partial charge in [-0.3, -0.25) is 14.9 Å². The van der Waals surface area contributed by atoms with Crippen LogP contribution in [-0.2, 0) is 9.59 Å². The van der Waals surface area contributed by atoms with E-state index in [9.17, 15) is 9.59 Å². The SMILES string of the molecule is COc1ccc(C2=C(c3c[nH]c4ccccc34)C(=O)NC2=O)cc1. The Morgan fingerprint density at radius 3 is 2.33 bits per heavy atom. The van der Waals surface area contributed by atoms with Gasteiger partial charge in [-0.05, 0) is 23.8 Å². The fraction of sp³-hybridized carbons (Fsp3) is 0.0526. The van der Waals surface area contributed by atoms with E-state index in [-0.39, 0.29) is 11.8 Å². The number of H-pyrrole nitrogens is 1. The fourth-order valence-corrected chi connectivity index (χ4v) is 3.02. The molecule has 0 spiro atoms. The Hall–Kier alpha value is -3.34. The van der Waals surface area contributed by atoms with E-state index in [0.717, 1.165) is 16.5 Å². The van der Waals surface area contributed by atoms with Gasteiger partial charge in [-0.1, -0.05) is 30.3 Å². The van der Waals surface area contributed by atoms with Crippen molar-refractivity contribution in [3.05, 3.63) is 65.9 Å². The Bertz CT molecular complexity index is 997. The summed E-state index contributed by atoms with van der Waals surface area (Å²) in [6.07, 6.45) is 1.77. The second kappa shape index (κ2) is 5.38. The first-order valence-electron chi connectivity index (χ1n) is 7.50. The molecule has 5 nitrogen and oxygen atoms in total. The van der Waals surface area contributed by atoms with Gasteiger partial charge in [0.15, 0.2) is 0 Å². The lowest BCUT2D eigenvalue weighted by atomic mass is 9.96. The normalized spacial score (nSPS) is 14.4. The molecule has 2 heterocycles. The van der Waals surface area contributed by atoms with Crippen LogP contribution in [0.3, 0.4) is 0 Å². The summed E-state index contributed by atoms with van der Waals surface area (Å²) < 4.78 is 5.15. The lowest BCUT2D eigenvalue weighted by molar-refractivity contribution is -0.122. The highest BCUT2D eigenvalue weighted by atomic mass is 16.5.